The Balaban J connectivity index is 2.42. The van der Waals surface area contributed by atoms with E-state index >= 15 is 0 Å². The molecule has 0 aliphatic carbocycles. The van der Waals surface area contributed by atoms with E-state index in [1.54, 1.807) is 30.3 Å². The van der Waals surface area contributed by atoms with E-state index in [2.05, 4.69) is 0 Å². The number of rotatable bonds is 3. The Morgan fingerprint density at radius 2 is 1.80 bits per heavy atom. The fourth-order valence-electron chi connectivity index (χ4n) is 1.60. The fourth-order valence-corrected chi connectivity index (χ4v) is 3.80. The van der Waals surface area contributed by atoms with Gasteiger partial charge in [0.1, 0.15) is 0 Å². The van der Waals surface area contributed by atoms with E-state index in [1.807, 2.05) is 0 Å². The minimum atomic E-state index is -3.35. The molecule has 0 radical (unpaired) electrons. The van der Waals surface area contributed by atoms with Crippen LogP contribution in [-0.2, 0) is 9.84 Å². The van der Waals surface area contributed by atoms with Gasteiger partial charge in [-0.15, -0.1) is 0 Å². The number of nitrogens with two attached hydrogens (primary N) is 1. The SMILES string of the molecule is CS(=O)(=O)c1cccc(Sc2ccc(Cl)c(Cl)c2)c1N. The van der Waals surface area contributed by atoms with E-state index in [-0.39, 0.29) is 10.6 Å². The average molecular weight is 348 g/mol. The van der Waals surface area contributed by atoms with Crippen molar-refractivity contribution in [3.63, 3.8) is 0 Å². The third-order valence-corrected chi connectivity index (χ3v) is 5.50. The smallest absolute Gasteiger partial charge is 0.177 e. The zero-order valence-electron chi connectivity index (χ0n) is 10.4. The van der Waals surface area contributed by atoms with Crippen LogP contribution in [-0.4, -0.2) is 14.7 Å². The number of hydrogen-bond acceptors (Lipinski definition) is 4. The zero-order chi connectivity index (χ0) is 14.9. The Morgan fingerprint density at radius 1 is 1.10 bits per heavy atom. The summed E-state index contributed by atoms with van der Waals surface area (Å²) >= 11 is 13.1. The molecular weight excluding hydrogens is 337 g/mol. The number of nitrogen functional groups attached to an aromatic ring is 1. The van der Waals surface area contributed by atoms with Crippen molar-refractivity contribution in [2.24, 2.45) is 0 Å². The van der Waals surface area contributed by atoms with Crippen LogP contribution < -0.4 is 5.73 Å². The van der Waals surface area contributed by atoms with Gasteiger partial charge in [0, 0.05) is 16.0 Å². The zero-order valence-corrected chi connectivity index (χ0v) is 13.6. The van der Waals surface area contributed by atoms with Crippen LogP contribution in [0, 0.1) is 0 Å². The van der Waals surface area contributed by atoms with Crippen molar-refractivity contribution in [2.75, 3.05) is 12.0 Å². The fraction of sp³-hybridized carbons (Fsp3) is 0.0769. The lowest BCUT2D eigenvalue weighted by atomic mass is 10.3. The van der Waals surface area contributed by atoms with Gasteiger partial charge in [0.05, 0.1) is 20.6 Å². The van der Waals surface area contributed by atoms with Gasteiger partial charge in [-0.25, -0.2) is 8.42 Å². The number of benzene rings is 2. The lowest BCUT2D eigenvalue weighted by molar-refractivity contribution is 0.602. The molecule has 106 valence electrons. The molecule has 0 bridgehead atoms. The lowest BCUT2D eigenvalue weighted by Gasteiger charge is -2.09. The first-order chi connectivity index (χ1) is 9.29. The first-order valence-electron chi connectivity index (χ1n) is 5.50. The highest BCUT2D eigenvalue weighted by molar-refractivity contribution is 7.99. The molecule has 0 spiro atoms. The second-order valence-corrected chi connectivity index (χ2v) is 8.03. The third kappa shape index (κ3) is 3.41. The van der Waals surface area contributed by atoms with Gasteiger partial charge in [-0.1, -0.05) is 41.0 Å². The molecule has 0 heterocycles. The van der Waals surface area contributed by atoms with Crippen LogP contribution in [0.1, 0.15) is 0 Å². The van der Waals surface area contributed by atoms with Crippen LogP contribution in [0.15, 0.2) is 51.1 Å². The Morgan fingerprint density at radius 3 is 2.40 bits per heavy atom. The van der Waals surface area contributed by atoms with Gasteiger partial charge in [-0.3, -0.25) is 0 Å². The minimum Gasteiger partial charge on any atom is -0.397 e. The number of para-hydroxylation sites is 1. The molecule has 0 saturated heterocycles. The molecular formula is C13H11Cl2NO2S2. The van der Waals surface area contributed by atoms with Crippen LogP contribution in [0.2, 0.25) is 10.0 Å². The third-order valence-electron chi connectivity index (χ3n) is 2.54. The van der Waals surface area contributed by atoms with E-state index in [0.717, 1.165) is 11.2 Å². The Hall–Kier alpha value is -0.880. The molecule has 3 nitrogen and oxygen atoms in total. The standard InChI is InChI=1S/C13H11Cl2NO2S2/c1-20(17,18)12-4-2-3-11(13(12)16)19-8-5-6-9(14)10(15)7-8/h2-7H,16H2,1H3. The molecule has 0 saturated carbocycles. The molecule has 0 aromatic heterocycles. The van der Waals surface area contributed by atoms with Gasteiger partial charge in [0.15, 0.2) is 9.84 Å². The summed E-state index contributed by atoms with van der Waals surface area (Å²) in [4.78, 5) is 1.62. The summed E-state index contributed by atoms with van der Waals surface area (Å²) in [6.45, 7) is 0. The number of halogens is 2. The monoisotopic (exact) mass is 347 g/mol. The van der Waals surface area contributed by atoms with Crippen molar-refractivity contribution in [1.82, 2.24) is 0 Å². The summed E-state index contributed by atoms with van der Waals surface area (Å²) in [5.74, 6) is 0. The number of hydrogen-bond donors (Lipinski definition) is 1. The molecule has 0 unspecified atom stereocenters. The van der Waals surface area contributed by atoms with Crippen LogP contribution >= 0.6 is 35.0 Å². The maximum atomic E-state index is 11.6. The highest BCUT2D eigenvalue weighted by Crippen LogP contribution is 2.37. The quantitative estimate of drug-likeness (QED) is 0.848. The topological polar surface area (TPSA) is 60.2 Å². The molecule has 7 heteroatoms. The van der Waals surface area contributed by atoms with E-state index in [4.69, 9.17) is 28.9 Å². The molecule has 2 rings (SSSR count). The van der Waals surface area contributed by atoms with Crippen LogP contribution in [0.5, 0.6) is 0 Å². The van der Waals surface area contributed by atoms with E-state index in [0.29, 0.717) is 14.9 Å². The lowest BCUT2D eigenvalue weighted by Crippen LogP contribution is -2.03. The first-order valence-corrected chi connectivity index (χ1v) is 8.97. The predicted molar refractivity (Wildman–Crippen MR) is 84.5 cm³/mol. The van der Waals surface area contributed by atoms with E-state index in [1.165, 1.54) is 17.8 Å². The molecule has 0 aliphatic heterocycles. The normalized spacial score (nSPS) is 11.6. The Bertz CT molecular complexity index is 761. The van der Waals surface area contributed by atoms with Crippen molar-refractivity contribution in [2.45, 2.75) is 14.7 Å². The van der Waals surface area contributed by atoms with Gasteiger partial charge in [-0.2, -0.15) is 0 Å². The van der Waals surface area contributed by atoms with Crippen molar-refractivity contribution >= 4 is 50.5 Å². The molecule has 2 aromatic rings. The van der Waals surface area contributed by atoms with Crippen molar-refractivity contribution in [3.8, 4) is 0 Å². The largest absolute Gasteiger partial charge is 0.397 e. The molecule has 2 aromatic carbocycles. The molecule has 0 fully saturated rings. The van der Waals surface area contributed by atoms with Gasteiger partial charge in [0.2, 0.25) is 0 Å². The summed E-state index contributed by atoms with van der Waals surface area (Å²) in [7, 11) is -3.35. The van der Waals surface area contributed by atoms with E-state index in [9.17, 15) is 8.42 Å². The first kappa shape index (κ1) is 15.5. The maximum Gasteiger partial charge on any atom is 0.177 e. The van der Waals surface area contributed by atoms with Crippen LogP contribution in [0.25, 0.3) is 0 Å². The molecule has 2 N–H and O–H groups in total. The van der Waals surface area contributed by atoms with Gasteiger partial charge < -0.3 is 5.73 Å². The summed E-state index contributed by atoms with van der Waals surface area (Å²) in [5.41, 5.74) is 6.17. The Labute approximate surface area is 132 Å². The summed E-state index contributed by atoms with van der Waals surface area (Å²) in [6.07, 6.45) is 1.13. The highest BCUT2D eigenvalue weighted by atomic mass is 35.5. The van der Waals surface area contributed by atoms with Crippen LogP contribution in [0.4, 0.5) is 5.69 Å². The summed E-state index contributed by atoms with van der Waals surface area (Å²) < 4.78 is 23.3. The molecule has 20 heavy (non-hydrogen) atoms. The van der Waals surface area contributed by atoms with Crippen molar-refractivity contribution in [1.29, 1.82) is 0 Å². The molecule has 0 amide bonds. The number of anilines is 1. The minimum absolute atomic E-state index is 0.127. The van der Waals surface area contributed by atoms with E-state index < -0.39 is 9.84 Å². The Kier molecular flexibility index (Phi) is 4.54. The second-order valence-electron chi connectivity index (χ2n) is 4.12. The average Bonchev–Trinajstić information content (AvgIpc) is 2.35. The highest BCUT2D eigenvalue weighted by Gasteiger charge is 2.15. The van der Waals surface area contributed by atoms with Crippen molar-refractivity contribution in [3.05, 3.63) is 46.4 Å². The van der Waals surface area contributed by atoms with Crippen molar-refractivity contribution < 1.29 is 8.42 Å². The van der Waals surface area contributed by atoms with Crippen LogP contribution in [0.3, 0.4) is 0 Å². The summed E-state index contributed by atoms with van der Waals surface area (Å²) in [6, 6.07) is 10.1. The molecule has 0 aliphatic rings. The van der Waals surface area contributed by atoms with Gasteiger partial charge in [-0.05, 0) is 30.3 Å². The number of sulfone groups is 1. The second kappa shape index (κ2) is 5.85. The molecule has 0 atom stereocenters. The van der Waals surface area contributed by atoms with Gasteiger partial charge >= 0.3 is 0 Å². The predicted octanol–water partition coefficient (Wildman–Crippen LogP) is 4.13. The van der Waals surface area contributed by atoms with Gasteiger partial charge in [0.25, 0.3) is 0 Å². The maximum absolute atomic E-state index is 11.6. The summed E-state index contributed by atoms with van der Waals surface area (Å²) in [5, 5.41) is 0.906.